The molecule has 17 nitrogen and oxygen atoms in total. The van der Waals surface area contributed by atoms with Gasteiger partial charge in [0, 0.05) is 40.0 Å². The minimum atomic E-state index is -4.70. The molecule has 0 bridgehead atoms. The van der Waals surface area contributed by atoms with E-state index >= 15 is 0 Å². The van der Waals surface area contributed by atoms with Crippen molar-refractivity contribution in [1.29, 1.82) is 0 Å². The van der Waals surface area contributed by atoms with Gasteiger partial charge in [0.1, 0.15) is 6.54 Å². The van der Waals surface area contributed by atoms with Gasteiger partial charge in [0.2, 0.25) is 0 Å². The van der Waals surface area contributed by atoms with Crippen LogP contribution >= 0.6 is 15.9 Å². The molecule has 0 aromatic heterocycles. The maximum absolute atomic E-state index is 12.1. The number of benzene rings is 4. The number of nitrogens with zero attached hydrogens (tertiary/aromatic N) is 2. The molecular weight excluding hydrogens is 1100 g/mol. The zero-order chi connectivity index (χ0) is 47.8. The minimum Gasteiger partial charge on any atom is -0.754 e. The van der Waals surface area contributed by atoms with Crippen LogP contribution in [0, 0.1) is 19.1 Å². The van der Waals surface area contributed by atoms with Crippen LogP contribution in [0.2, 0.25) is 0 Å². The van der Waals surface area contributed by atoms with Crippen molar-refractivity contribution in [1.82, 2.24) is 0 Å². The second kappa shape index (κ2) is 31.2. The van der Waals surface area contributed by atoms with E-state index in [1.165, 1.54) is 18.2 Å². The quantitative estimate of drug-likeness (QED) is 0.0469. The molecule has 4 aromatic rings. The summed E-state index contributed by atoms with van der Waals surface area (Å²) in [6.07, 6.45) is 10.7. The maximum Gasteiger partial charge on any atom is 1.00 e. The van der Waals surface area contributed by atoms with Crippen LogP contribution in [0.1, 0.15) is 65.0 Å². The van der Waals surface area contributed by atoms with Crippen LogP contribution < -0.4 is 153 Å². The first-order valence-corrected chi connectivity index (χ1v) is 24.9. The molecule has 6 rings (SSSR count). The number of rotatable bonds is 10. The van der Waals surface area contributed by atoms with E-state index in [0.717, 1.165) is 63.2 Å². The average molecular weight is 1140 g/mol. The second-order valence-electron chi connectivity index (χ2n) is 14.6. The molecule has 0 radical (unpaired) electrons. The molecule has 0 aliphatic carbocycles. The fourth-order valence-corrected chi connectivity index (χ4v) is 9.09. The third-order valence-corrected chi connectivity index (χ3v) is 12.2. The standard InChI is InChI=1S/C40H41BrN2O6S2.5Na.3O3S/c1-7-9-24-43-32-19-14-26-13-17-28(50(44,45)46)25-31(26)38(32)40(5,6)36(43)22-16-27(41)15-21-35-39(3,4)37-30-11-10-12-34(51(47,48)49)29(30)18-20-33(37)42(35)23-8-2;;;;;;3*1-4(2)3/h11-12,14-22,25H,2,7-9,23-24H2,1,3-6H3,(H,44,45,46)(H,47,48,49);;;;;;;;/q-2;5*+1;;;/p-2. The van der Waals surface area contributed by atoms with Gasteiger partial charge in [-0.3, -0.25) is 8.42 Å². The molecule has 0 atom stereocenters. The molecule has 28 heteroatoms. The van der Waals surface area contributed by atoms with Crippen molar-refractivity contribution in [2.75, 3.05) is 18.0 Å². The first kappa shape index (κ1) is 72.5. The van der Waals surface area contributed by atoms with E-state index in [1.54, 1.807) is 12.1 Å². The average Bonchev–Trinajstić information content (AvgIpc) is 3.51. The molecule has 340 valence electrons. The number of hydrogen-bond acceptors (Lipinski definition) is 16. The largest absolute Gasteiger partial charge is 1.00 e. The van der Waals surface area contributed by atoms with Gasteiger partial charge in [-0.25, -0.2) is 8.42 Å². The van der Waals surface area contributed by atoms with Crippen molar-refractivity contribution >= 4 is 107 Å². The van der Waals surface area contributed by atoms with E-state index in [2.05, 4.69) is 91.2 Å². The van der Waals surface area contributed by atoms with E-state index in [0.29, 0.717) is 29.1 Å². The second-order valence-corrected chi connectivity index (χ2v) is 19.5. The van der Waals surface area contributed by atoms with Crippen molar-refractivity contribution < 1.29 is 216 Å². The molecule has 0 fully saturated rings. The molecule has 0 spiro atoms. The Balaban J connectivity index is -0.00000223. The summed E-state index contributed by atoms with van der Waals surface area (Å²) >= 11 is 3.77. The Morgan fingerprint density at radius 2 is 1.34 bits per heavy atom. The summed E-state index contributed by atoms with van der Waals surface area (Å²) < 4.78 is 151. The number of allylic oxidation sites excluding steroid dienone is 6. The molecular formula is C40H39BrN2Na5O15S5+. The molecule has 4 aromatic carbocycles. The first-order chi connectivity index (χ1) is 29.1. The minimum absolute atomic E-state index is 0. The van der Waals surface area contributed by atoms with E-state index in [-0.39, 0.29) is 158 Å². The molecule has 0 unspecified atom stereocenters. The van der Waals surface area contributed by atoms with Gasteiger partial charge in [-0.15, -0.1) is 90.1 Å². The zero-order valence-electron chi connectivity index (χ0n) is 39.1. The van der Waals surface area contributed by atoms with Gasteiger partial charge in [0.05, 0.1) is 25.7 Å². The summed E-state index contributed by atoms with van der Waals surface area (Å²) in [7, 11) is -18.7. The topological polar surface area (TPSA) is 274 Å². The Bertz CT molecular complexity index is 3100. The van der Waals surface area contributed by atoms with Gasteiger partial charge in [-0.05, 0) is 59.4 Å². The van der Waals surface area contributed by atoms with Crippen LogP contribution in [-0.4, -0.2) is 87.2 Å². The van der Waals surface area contributed by atoms with E-state index < -0.39 is 62.9 Å². The summed E-state index contributed by atoms with van der Waals surface area (Å²) in [6.45, 7) is 16.0. The predicted octanol–water partition coefficient (Wildman–Crippen LogP) is -9.67. The number of halogens is 1. The van der Waals surface area contributed by atoms with Crippen LogP contribution in [-0.2, 0) is 62.9 Å². The smallest absolute Gasteiger partial charge is 0.754 e. The van der Waals surface area contributed by atoms with Gasteiger partial charge >= 0.3 is 180 Å². The Labute approximate surface area is 520 Å². The fourth-order valence-electron chi connectivity index (χ4n) is 7.70. The normalized spacial score (nSPS) is 14.6. The third-order valence-electron chi connectivity index (χ3n) is 9.98. The first-order valence-electron chi connectivity index (χ1n) is 18.3. The van der Waals surface area contributed by atoms with Gasteiger partial charge < -0.3 is 20.9 Å². The Kier molecular flexibility index (Phi) is 33.3. The zero-order valence-corrected chi connectivity index (χ0v) is 54.8. The fraction of sp³-hybridized carbons (Fsp3) is 0.300. The number of anilines is 1. The van der Waals surface area contributed by atoms with Gasteiger partial charge in [-0.2, -0.15) is 22.8 Å². The Morgan fingerprint density at radius 1 is 0.779 bits per heavy atom. The number of hydrogen-bond donors (Lipinski definition) is 0. The van der Waals surface area contributed by atoms with Crippen LogP contribution in [0.25, 0.3) is 21.5 Å². The molecule has 0 N–H and O–H groups in total. The number of fused-ring (bicyclic) bond motifs is 6. The molecule has 2 aliphatic heterocycles. The Hall–Kier alpha value is 0.250. The monoisotopic (exact) mass is 1140 g/mol. The van der Waals surface area contributed by atoms with Crippen molar-refractivity contribution in [3.8, 4) is 0 Å². The van der Waals surface area contributed by atoms with Gasteiger partial charge in [0.15, 0.2) is 11.4 Å². The van der Waals surface area contributed by atoms with Crippen molar-refractivity contribution in [3.63, 3.8) is 0 Å². The summed E-state index contributed by atoms with van der Waals surface area (Å²) in [4.78, 5) is 1.70. The molecule has 0 amide bonds. The van der Waals surface area contributed by atoms with Gasteiger partial charge in [-0.1, -0.05) is 55.3 Å². The van der Waals surface area contributed by atoms with E-state index in [9.17, 15) is 25.9 Å². The summed E-state index contributed by atoms with van der Waals surface area (Å²) in [5.74, 6) is 0. The Morgan fingerprint density at radius 3 is 1.84 bits per heavy atom. The summed E-state index contributed by atoms with van der Waals surface area (Å²) in [5.41, 5.74) is 4.73. The van der Waals surface area contributed by atoms with E-state index in [1.807, 2.05) is 30.4 Å². The number of unbranched alkanes of at least 4 members (excludes halogenated alkanes) is 1. The molecule has 0 saturated heterocycles. The third kappa shape index (κ3) is 18.9. The van der Waals surface area contributed by atoms with E-state index in [4.69, 9.17) is 37.9 Å². The van der Waals surface area contributed by atoms with Crippen LogP contribution in [0.5, 0.6) is 0 Å². The molecule has 2 heterocycles. The SMILES string of the molecule is O=S(=O)=O.O=S(=O)=O.O=S(=O)=O.[CH2-]CC[N+]1=C(C=CC(Br)=CC=C2N(CCCC)c3ccc4[c-]cc(S(=O)(=O)[O-])cc4c3C2(C)C)C(C)(C)c2c1ccc1c(S(=O)(=O)[O-])c[c-]cc21.[Na+].[Na+].[Na+].[Na+].[Na+]. The molecule has 68 heavy (non-hydrogen) atoms. The van der Waals surface area contributed by atoms with Crippen LogP contribution in [0.15, 0.2) is 92.8 Å². The van der Waals surface area contributed by atoms with Crippen molar-refractivity contribution in [3.05, 3.63) is 113 Å². The summed E-state index contributed by atoms with van der Waals surface area (Å²) in [5, 5.41) is 2.49. The predicted molar refractivity (Wildman–Crippen MR) is 233 cm³/mol. The van der Waals surface area contributed by atoms with Crippen molar-refractivity contribution in [2.45, 2.75) is 74.5 Å². The summed E-state index contributed by atoms with van der Waals surface area (Å²) in [6, 6.07) is 19.1. The van der Waals surface area contributed by atoms with Crippen LogP contribution in [0.3, 0.4) is 0 Å². The maximum atomic E-state index is 12.1. The van der Waals surface area contributed by atoms with Crippen LogP contribution in [0.4, 0.5) is 11.4 Å². The molecule has 0 saturated carbocycles. The molecule has 2 aliphatic rings. The van der Waals surface area contributed by atoms with Gasteiger partial charge in [0.25, 0.3) is 0 Å². The van der Waals surface area contributed by atoms with Crippen molar-refractivity contribution in [2.24, 2.45) is 0 Å².